The molecule has 4 rings (SSSR count). The number of fused-ring (bicyclic) bond motifs is 2. The lowest BCUT2D eigenvalue weighted by atomic mass is 10.2. The van der Waals surface area contributed by atoms with E-state index < -0.39 is 0 Å². The van der Waals surface area contributed by atoms with Gasteiger partial charge in [-0.3, -0.25) is 19.0 Å². The van der Waals surface area contributed by atoms with Crippen molar-refractivity contribution in [3.63, 3.8) is 0 Å². The average molecular weight is 415 g/mol. The smallest absolute Gasteiger partial charge is 0.252 e. The van der Waals surface area contributed by atoms with E-state index in [1.807, 2.05) is 26.0 Å². The topological polar surface area (TPSA) is 105 Å². The molecule has 3 aromatic heterocycles. The van der Waals surface area contributed by atoms with Crippen LogP contribution in [0.25, 0.3) is 16.0 Å². The number of carbonyl (C=O) groups is 1. The Hall–Kier alpha value is -2.72. The van der Waals surface area contributed by atoms with Crippen molar-refractivity contribution in [1.82, 2.24) is 24.6 Å². The third-order valence-electron chi connectivity index (χ3n) is 4.08. The minimum Gasteiger partial charge on any atom is -0.301 e. The number of benzene rings is 1. The molecule has 0 saturated carbocycles. The summed E-state index contributed by atoms with van der Waals surface area (Å²) in [6, 6.07) is 7.55. The number of anilines is 1. The van der Waals surface area contributed by atoms with Crippen LogP contribution in [0.5, 0.6) is 0 Å². The lowest BCUT2D eigenvalue weighted by Gasteiger charge is -2.05. The number of thioether (sulfide) groups is 1. The van der Waals surface area contributed by atoms with Crippen LogP contribution in [0, 0.1) is 6.92 Å². The zero-order chi connectivity index (χ0) is 19.7. The highest BCUT2D eigenvalue weighted by molar-refractivity contribution is 7.99. The summed E-state index contributed by atoms with van der Waals surface area (Å²) in [7, 11) is 0. The predicted octanol–water partition coefficient (Wildman–Crippen LogP) is 3.02. The van der Waals surface area contributed by atoms with Crippen molar-refractivity contribution < 1.29 is 4.79 Å². The number of aryl methyl sites for hydroxylation is 2. The summed E-state index contributed by atoms with van der Waals surface area (Å²) in [5.74, 6) is 0.389. The molecule has 0 radical (unpaired) electrons. The number of hydrogen-bond donors (Lipinski definition) is 2. The molecule has 4 aromatic rings. The first-order valence-electron chi connectivity index (χ1n) is 8.80. The number of amides is 1. The van der Waals surface area contributed by atoms with Crippen LogP contribution in [0.15, 0.2) is 34.2 Å². The standard InChI is InChI=1S/C18H18N6O2S2/c1-3-4-11-8-14(25)20-16-22-23-18(24(11)16)27-9-15(26)21-17-19-12-6-5-10(2)7-13(12)28-17/h5-8H,3-4,9H2,1-2H3,(H,19,21,26)(H,20,22,25). The zero-order valence-corrected chi connectivity index (χ0v) is 17.0. The van der Waals surface area contributed by atoms with E-state index in [0.717, 1.165) is 34.3 Å². The van der Waals surface area contributed by atoms with Crippen molar-refractivity contribution in [2.45, 2.75) is 31.8 Å². The number of nitrogens with zero attached hydrogens (tertiary/aromatic N) is 4. The van der Waals surface area contributed by atoms with Gasteiger partial charge in [0.15, 0.2) is 10.3 Å². The summed E-state index contributed by atoms with van der Waals surface area (Å²) in [5, 5.41) is 12.1. The van der Waals surface area contributed by atoms with Gasteiger partial charge < -0.3 is 5.32 Å². The quantitative estimate of drug-likeness (QED) is 0.470. The van der Waals surface area contributed by atoms with Crippen LogP contribution < -0.4 is 10.9 Å². The molecule has 144 valence electrons. The second-order valence-electron chi connectivity index (χ2n) is 6.34. The van der Waals surface area contributed by atoms with Crippen LogP contribution >= 0.6 is 23.1 Å². The maximum absolute atomic E-state index is 12.4. The Balaban J connectivity index is 1.49. The van der Waals surface area contributed by atoms with Crippen molar-refractivity contribution in [2.75, 3.05) is 11.1 Å². The Morgan fingerprint density at radius 3 is 3.00 bits per heavy atom. The van der Waals surface area contributed by atoms with Gasteiger partial charge in [0.1, 0.15) is 0 Å². The number of H-pyrrole nitrogens is 1. The van der Waals surface area contributed by atoms with Crippen LogP contribution in [0.4, 0.5) is 5.13 Å². The zero-order valence-electron chi connectivity index (χ0n) is 15.4. The fourth-order valence-corrected chi connectivity index (χ4v) is 4.62. The monoisotopic (exact) mass is 414 g/mol. The third-order valence-corrected chi connectivity index (χ3v) is 5.94. The molecule has 0 spiro atoms. The van der Waals surface area contributed by atoms with Crippen molar-refractivity contribution in [2.24, 2.45) is 0 Å². The molecule has 0 fully saturated rings. The van der Waals surface area contributed by atoms with Gasteiger partial charge in [-0.2, -0.15) is 0 Å². The molecule has 0 atom stereocenters. The van der Waals surface area contributed by atoms with Crippen molar-refractivity contribution in [1.29, 1.82) is 0 Å². The molecule has 3 heterocycles. The maximum Gasteiger partial charge on any atom is 0.252 e. The minimum atomic E-state index is -0.205. The number of carbonyl (C=O) groups excluding carboxylic acids is 1. The van der Waals surface area contributed by atoms with E-state index in [9.17, 15) is 9.59 Å². The molecule has 1 amide bonds. The van der Waals surface area contributed by atoms with Crippen LogP contribution in [0.1, 0.15) is 24.6 Å². The average Bonchev–Trinajstić information content (AvgIpc) is 3.23. The molecule has 0 saturated heterocycles. The van der Waals surface area contributed by atoms with E-state index >= 15 is 0 Å². The molecular formula is C18H18N6O2S2. The molecule has 0 aliphatic heterocycles. The Labute approximate surface area is 168 Å². The van der Waals surface area contributed by atoms with E-state index in [1.54, 1.807) is 10.5 Å². The van der Waals surface area contributed by atoms with E-state index in [0.29, 0.717) is 16.1 Å². The maximum atomic E-state index is 12.4. The highest BCUT2D eigenvalue weighted by Gasteiger charge is 2.14. The van der Waals surface area contributed by atoms with Crippen molar-refractivity contribution in [3.05, 3.63) is 45.9 Å². The van der Waals surface area contributed by atoms with Gasteiger partial charge in [-0.1, -0.05) is 42.5 Å². The summed E-state index contributed by atoms with van der Waals surface area (Å²) in [6.45, 7) is 4.06. The van der Waals surface area contributed by atoms with Gasteiger partial charge in [-0.15, -0.1) is 10.2 Å². The molecule has 0 unspecified atom stereocenters. The Bertz CT molecular complexity index is 1230. The van der Waals surface area contributed by atoms with Gasteiger partial charge in [0.05, 0.1) is 16.0 Å². The van der Waals surface area contributed by atoms with Crippen LogP contribution in [-0.2, 0) is 11.2 Å². The third kappa shape index (κ3) is 3.78. The van der Waals surface area contributed by atoms with E-state index in [-0.39, 0.29) is 17.2 Å². The fourth-order valence-electron chi connectivity index (χ4n) is 2.88. The Morgan fingerprint density at radius 1 is 1.32 bits per heavy atom. The van der Waals surface area contributed by atoms with Gasteiger partial charge in [0.2, 0.25) is 11.7 Å². The van der Waals surface area contributed by atoms with E-state index in [2.05, 4.69) is 31.5 Å². The van der Waals surface area contributed by atoms with Crippen LogP contribution in [0.3, 0.4) is 0 Å². The van der Waals surface area contributed by atoms with Crippen molar-refractivity contribution in [3.8, 4) is 0 Å². The summed E-state index contributed by atoms with van der Waals surface area (Å²) in [4.78, 5) is 31.2. The highest BCUT2D eigenvalue weighted by Crippen LogP contribution is 2.27. The van der Waals surface area contributed by atoms with Gasteiger partial charge in [-0.25, -0.2) is 4.98 Å². The van der Waals surface area contributed by atoms with Gasteiger partial charge in [0, 0.05) is 11.8 Å². The normalized spacial score (nSPS) is 11.4. The molecular weight excluding hydrogens is 396 g/mol. The van der Waals surface area contributed by atoms with Gasteiger partial charge in [-0.05, 0) is 31.0 Å². The number of hydrogen-bond acceptors (Lipinski definition) is 7. The fraction of sp³-hybridized carbons (Fsp3) is 0.278. The number of nitrogens with one attached hydrogen (secondary N) is 2. The first kappa shape index (κ1) is 18.6. The van der Waals surface area contributed by atoms with E-state index in [1.165, 1.54) is 23.1 Å². The van der Waals surface area contributed by atoms with Crippen molar-refractivity contribution >= 4 is 50.1 Å². The second kappa shape index (κ2) is 7.72. The summed E-state index contributed by atoms with van der Waals surface area (Å²) >= 11 is 2.72. The summed E-state index contributed by atoms with van der Waals surface area (Å²) in [6.07, 6.45) is 1.61. The molecule has 1 aromatic carbocycles. The molecule has 28 heavy (non-hydrogen) atoms. The Kier molecular flexibility index (Phi) is 5.14. The van der Waals surface area contributed by atoms with Gasteiger partial charge in [0.25, 0.3) is 5.56 Å². The lowest BCUT2D eigenvalue weighted by molar-refractivity contribution is -0.113. The number of rotatable bonds is 6. The molecule has 0 aliphatic rings. The molecule has 0 aliphatic carbocycles. The second-order valence-corrected chi connectivity index (χ2v) is 8.32. The highest BCUT2D eigenvalue weighted by atomic mass is 32.2. The van der Waals surface area contributed by atoms with E-state index in [4.69, 9.17) is 0 Å². The summed E-state index contributed by atoms with van der Waals surface area (Å²) in [5.41, 5.74) is 2.65. The molecule has 0 bridgehead atoms. The van der Waals surface area contributed by atoms with Gasteiger partial charge >= 0.3 is 0 Å². The summed E-state index contributed by atoms with van der Waals surface area (Å²) < 4.78 is 2.84. The largest absolute Gasteiger partial charge is 0.301 e. The minimum absolute atomic E-state index is 0.167. The number of aromatic amines is 1. The molecule has 2 N–H and O–H groups in total. The first-order valence-corrected chi connectivity index (χ1v) is 10.6. The van der Waals surface area contributed by atoms with Crippen LogP contribution in [-0.4, -0.2) is 36.2 Å². The number of aromatic nitrogens is 5. The molecule has 8 nitrogen and oxygen atoms in total. The lowest BCUT2D eigenvalue weighted by Crippen LogP contribution is -2.15. The Morgan fingerprint density at radius 2 is 2.18 bits per heavy atom. The van der Waals surface area contributed by atoms with Crippen LogP contribution in [0.2, 0.25) is 0 Å². The number of thiazole rings is 1. The predicted molar refractivity (Wildman–Crippen MR) is 111 cm³/mol. The SMILES string of the molecule is CCCc1cc(=O)[nH]c2nnc(SCC(=O)Nc3nc4ccc(C)cc4s3)n12. The molecule has 10 heteroatoms. The first-order chi connectivity index (χ1) is 13.5.